The molecule has 2 N–H and O–H groups in total. The van der Waals surface area contributed by atoms with Crippen molar-refractivity contribution >= 4 is 32.2 Å². The van der Waals surface area contributed by atoms with Crippen LogP contribution in [-0.4, -0.2) is 28.8 Å². The monoisotopic (exact) mass is 281 g/mol. The van der Waals surface area contributed by atoms with Crippen LogP contribution in [0.5, 0.6) is 0 Å². The highest BCUT2D eigenvalue weighted by Crippen LogP contribution is 2.07. The summed E-state index contributed by atoms with van der Waals surface area (Å²) in [4.78, 5) is 34.3. The van der Waals surface area contributed by atoms with Crippen LogP contribution in [0.4, 0.5) is 0 Å². The van der Waals surface area contributed by atoms with E-state index in [0.717, 1.165) is 5.30 Å². The molecule has 102 valence electrons. The molecule has 0 heterocycles. The summed E-state index contributed by atoms with van der Waals surface area (Å²) in [5, 5.41) is 12.2. The molecule has 6 heteroatoms. The maximum Gasteiger partial charge on any atom is 0.305 e. The number of carbonyl (C=O) groups excluding carboxylic acids is 2. The molecule has 2 unspecified atom stereocenters. The Morgan fingerprint density at radius 1 is 1.26 bits per heavy atom. The lowest BCUT2D eigenvalue weighted by Crippen LogP contribution is -2.42. The minimum absolute atomic E-state index is 0.202. The molecule has 0 bridgehead atoms. The van der Waals surface area contributed by atoms with E-state index < -0.39 is 24.2 Å². The molecule has 0 fully saturated rings. The van der Waals surface area contributed by atoms with Gasteiger partial charge in [-0.25, -0.2) is 0 Å². The highest BCUT2D eigenvalue weighted by Gasteiger charge is 2.24. The summed E-state index contributed by atoms with van der Waals surface area (Å²) < 4.78 is 0. The van der Waals surface area contributed by atoms with Gasteiger partial charge in [-0.05, 0) is 5.30 Å². The van der Waals surface area contributed by atoms with Gasteiger partial charge in [0.2, 0.25) is 5.91 Å². The number of Topliss-reactive ketones (excluding diaryl/α,β-unsaturated/α-hetero) is 1. The van der Waals surface area contributed by atoms with Crippen molar-refractivity contribution < 1.29 is 19.5 Å². The molecule has 0 spiro atoms. The maximum atomic E-state index is 12.2. The average molecular weight is 281 g/mol. The summed E-state index contributed by atoms with van der Waals surface area (Å²) in [5.41, 5.74) is 0.383. The Labute approximate surface area is 113 Å². The van der Waals surface area contributed by atoms with E-state index in [1.165, 1.54) is 0 Å². The number of ketones is 1. The predicted octanol–water partition coefficient (Wildman–Crippen LogP) is 0.739. The van der Waals surface area contributed by atoms with E-state index >= 15 is 0 Å². The molecule has 0 aliphatic rings. The highest BCUT2D eigenvalue weighted by atomic mass is 31.0. The molecule has 1 amide bonds. The number of benzene rings is 1. The van der Waals surface area contributed by atoms with Gasteiger partial charge >= 0.3 is 5.97 Å². The fraction of sp³-hybridized carbons (Fsp3) is 0.308. The molecule has 0 aromatic heterocycles. The van der Waals surface area contributed by atoms with Gasteiger partial charge < -0.3 is 10.4 Å². The smallest absolute Gasteiger partial charge is 0.305 e. The number of carboxylic acid groups (broad SMARTS) is 1. The second-order valence-electron chi connectivity index (χ2n) is 4.06. The first-order valence-corrected chi connectivity index (χ1v) is 6.42. The van der Waals surface area contributed by atoms with E-state index in [1.54, 1.807) is 31.2 Å². The fourth-order valence-electron chi connectivity index (χ4n) is 1.53. The van der Waals surface area contributed by atoms with Crippen molar-refractivity contribution in [2.45, 2.75) is 25.8 Å². The van der Waals surface area contributed by atoms with Gasteiger partial charge in [-0.1, -0.05) is 31.2 Å². The van der Waals surface area contributed by atoms with E-state index in [-0.39, 0.29) is 12.3 Å². The maximum absolute atomic E-state index is 12.2. The van der Waals surface area contributed by atoms with Crippen LogP contribution in [0.3, 0.4) is 0 Å². The number of hydrogen-bond donors (Lipinski definition) is 2. The van der Waals surface area contributed by atoms with Crippen LogP contribution in [0, 0.1) is 0 Å². The summed E-state index contributed by atoms with van der Waals surface area (Å²) in [6, 6.07) is 5.66. The van der Waals surface area contributed by atoms with E-state index in [4.69, 9.17) is 5.11 Å². The van der Waals surface area contributed by atoms with Crippen LogP contribution in [0.25, 0.3) is 0 Å². The summed E-state index contributed by atoms with van der Waals surface area (Å²) in [5.74, 6) is -1.87. The number of carboxylic acids is 1. The SMILES string of the molecule is CCC(=O)NC(CC(=O)O)C(=O)c1ccc(P)cc1. The quantitative estimate of drug-likeness (QED) is 0.595. The van der Waals surface area contributed by atoms with Gasteiger partial charge in [-0.2, -0.15) is 0 Å². The lowest BCUT2D eigenvalue weighted by molar-refractivity contribution is -0.137. The van der Waals surface area contributed by atoms with E-state index in [9.17, 15) is 14.4 Å². The predicted molar refractivity (Wildman–Crippen MR) is 74.6 cm³/mol. The van der Waals surface area contributed by atoms with E-state index in [1.807, 2.05) is 0 Å². The van der Waals surface area contributed by atoms with E-state index in [0.29, 0.717) is 5.56 Å². The Balaban J connectivity index is 2.89. The molecule has 19 heavy (non-hydrogen) atoms. The van der Waals surface area contributed by atoms with Gasteiger partial charge in [0.15, 0.2) is 5.78 Å². The molecule has 0 saturated carbocycles. The summed E-state index contributed by atoms with van der Waals surface area (Å²) in [6.07, 6.45) is -0.221. The first kappa shape index (κ1) is 15.3. The summed E-state index contributed by atoms with van der Waals surface area (Å²) in [6.45, 7) is 1.64. The minimum atomic E-state index is -1.13. The molecule has 1 aromatic carbocycles. The number of aliphatic carboxylic acids is 1. The third-order valence-electron chi connectivity index (χ3n) is 2.55. The molecule has 5 nitrogen and oxygen atoms in total. The largest absolute Gasteiger partial charge is 0.481 e. The Kier molecular flexibility index (Phi) is 5.64. The van der Waals surface area contributed by atoms with Crippen LogP contribution in [0.15, 0.2) is 24.3 Å². The Bertz CT molecular complexity index is 484. The summed E-state index contributed by atoms with van der Waals surface area (Å²) >= 11 is 0. The molecule has 0 radical (unpaired) electrons. The second kappa shape index (κ2) is 7.00. The van der Waals surface area contributed by atoms with Gasteiger partial charge in [0.25, 0.3) is 0 Å². The van der Waals surface area contributed by atoms with Gasteiger partial charge in [-0.3, -0.25) is 14.4 Å². The Morgan fingerprint density at radius 2 is 1.84 bits per heavy atom. The van der Waals surface area contributed by atoms with Crippen LogP contribution in [-0.2, 0) is 9.59 Å². The zero-order valence-electron chi connectivity index (χ0n) is 10.6. The second-order valence-corrected chi connectivity index (χ2v) is 4.72. The first-order chi connectivity index (χ1) is 8.93. The average Bonchev–Trinajstić information content (AvgIpc) is 2.37. The lowest BCUT2D eigenvalue weighted by Gasteiger charge is -2.15. The van der Waals surface area contributed by atoms with Crippen LogP contribution in [0.2, 0.25) is 0 Å². The molecular weight excluding hydrogens is 265 g/mol. The van der Waals surface area contributed by atoms with Gasteiger partial charge in [-0.15, -0.1) is 9.24 Å². The van der Waals surface area contributed by atoms with Crippen molar-refractivity contribution in [3.63, 3.8) is 0 Å². The van der Waals surface area contributed by atoms with Gasteiger partial charge in [0, 0.05) is 12.0 Å². The molecule has 1 aromatic rings. The number of hydrogen-bond acceptors (Lipinski definition) is 3. The van der Waals surface area contributed by atoms with Gasteiger partial charge in [0.05, 0.1) is 6.42 Å². The number of amides is 1. The third-order valence-corrected chi connectivity index (χ3v) is 2.93. The normalized spacial score (nSPS) is 11.7. The van der Waals surface area contributed by atoms with Crippen molar-refractivity contribution in [2.24, 2.45) is 0 Å². The lowest BCUT2D eigenvalue weighted by atomic mass is 10.0. The molecule has 0 aliphatic carbocycles. The minimum Gasteiger partial charge on any atom is -0.481 e. The molecule has 2 atom stereocenters. The van der Waals surface area contributed by atoms with Crippen molar-refractivity contribution in [3.05, 3.63) is 29.8 Å². The standard InChI is InChI=1S/C13H16NO4P/c1-2-11(15)14-10(7-12(16)17)13(18)8-3-5-9(19)6-4-8/h3-6,10H,2,7,19H2,1H3,(H,14,15)(H,16,17). The van der Waals surface area contributed by atoms with Crippen molar-refractivity contribution in [3.8, 4) is 0 Å². The fourth-order valence-corrected chi connectivity index (χ4v) is 1.72. The summed E-state index contributed by atoms with van der Waals surface area (Å²) in [7, 11) is 2.49. The van der Waals surface area contributed by atoms with E-state index in [2.05, 4.69) is 14.6 Å². The highest BCUT2D eigenvalue weighted by molar-refractivity contribution is 7.27. The Morgan fingerprint density at radius 3 is 2.32 bits per heavy atom. The zero-order chi connectivity index (χ0) is 14.4. The molecule has 0 aliphatic heterocycles. The third kappa shape index (κ3) is 4.79. The van der Waals surface area contributed by atoms with Crippen LogP contribution in [0.1, 0.15) is 30.1 Å². The molecule has 1 rings (SSSR count). The van der Waals surface area contributed by atoms with Crippen LogP contribution >= 0.6 is 9.24 Å². The first-order valence-electron chi connectivity index (χ1n) is 5.85. The topological polar surface area (TPSA) is 83.5 Å². The van der Waals surface area contributed by atoms with Crippen molar-refractivity contribution in [1.29, 1.82) is 0 Å². The zero-order valence-corrected chi connectivity index (χ0v) is 11.7. The van der Waals surface area contributed by atoms with Gasteiger partial charge in [0.1, 0.15) is 6.04 Å². The number of rotatable bonds is 6. The van der Waals surface area contributed by atoms with Crippen LogP contribution < -0.4 is 10.6 Å². The Hall–Kier alpha value is -1.74. The number of carbonyl (C=O) groups is 3. The molecular formula is C13H16NO4P. The number of nitrogens with one attached hydrogen (secondary N) is 1. The van der Waals surface area contributed by atoms with Crippen molar-refractivity contribution in [2.75, 3.05) is 0 Å². The van der Waals surface area contributed by atoms with Crippen molar-refractivity contribution in [1.82, 2.24) is 5.32 Å². The molecule has 0 saturated heterocycles.